The van der Waals surface area contributed by atoms with Crippen LogP contribution in [-0.4, -0.2) is 30.6 Å². The molecule has 0 unspecified atom stereocenters. The van der Waals surface area contributed by atoms with Gasteiger partial charge in [0.25, 0.3) is 0 Å². The van der Waals surface area contributed by atoms with E-state index in [2.05, 4.69) is 15.3 Å². The summed E-state index contributed by atoms with van der Waals surface area (Å²) in [5.41, 5.74) is 0.401. The lowest BCUT2D eigenvalue weighted by Crippen LogP contribution is -2.02. The van der Waals surface area contributed by atoms with Crippen LogP contribution in [0.4, 0.5) is 5.69 Å². The zero-order valence-corrected chi connectivity index (χ0v) is 7.27. The molecule has 70 valence electrons. The fourth-order valence-electron chi connectivity index (χ4n) is 0.767. The Hall–Kier alpha value is -1.85. The maximum absolute atomic E-state index is 10.1. The highest BCUT2D eigenvalue weighted by atomic mass is 16.5. The summed E-state index contributed by atoms with van der Waals surface area (Å²) >= 11 is 0. The van der Waals surface area contributed by atoms with Crippen molar-refractivity contribution in [2.24, 2.45) is 0 Å². The molecule has 13 heavy (non-hydrogen) atoms. The third-order valence-electron chi connectivity index (χ3n) is 1.32. The molecule has 1 aromatic heterocycles. The maximum atomic E-state index is 10.1. The zero-order chi connectivity index (χ0) is 9.68. The van der Waals surface area contributed by atoms with Crippen molar-refractivity contribution >= 4 is 12.1 Å². The molecule has 0 saturated carbocycles. The lowest BCUT2D eigenvalue weighted by molar-refractivity contribution is -0.105. The molecule has 0 radical (unpaired) electrons. The minimum Gasteiger partial charge on any atom is -0.479 e. The molecular weight excluding hydrogens is 174 g/mol. The van der Waals surface area contributed by atoms with Gasteiger partial charge >= 0.3 is 6.01 Å². The summed E-state index contributed by atoms with van der Waals surface area (Å²) < 4.78 is 9.66. The van der Waals surface area contributed by atoms with Crippen molar-refractivity contribution in [3.63, 3.8) is 0 Å². The largest absolute Gasteiger partial charge is 0.479 e. The van der Waals surface area contributed by atoms with E-state index in [4.69, 9.17) is 9.47 Å². The predicted molar refractivity (Wildman–Crippen MR) is 44.8 cm³/mol. The summed E-state index contributed by atoms with van der Waals surface area (Å²) in [4.78, 5) is 17.8. The molecule has 0 aliphatic carbocycles. The van der Waals surface area contributed by atoms with E-state index in [-0.39, 0.29) is 11.9 Å². The van der Waals surface area contributed by atoms with Crippen molar-refractivity contribution in [3.05, 3.63) is 6.20 Å². The van der Waals surface area contributed by atoms with Crippen LogP contribution in [0.5, 0.6) is 11.9 Å². The van der Waals surface area contributed by atoms with Crippen LogP contribution >= 0.6 is 0 Å². The van der Waals surface area contributed by atoms with Gasteiger partial charge in [-0.1, -0.05) is 0 Å². The number of carbonyl (C=O) groups is 1. The molecule has 1 rings (SSSR count). The van der Waals surface area contributed by atoms with E-state index >= 15 is 0 Å². The van der Waals surface area contributed by atoms with Gasteiger partial charge in [-0.3, -0.25) is 4.79 Å². The summed E-state index contributed by atoms with van der Waals surface area (Å²) in [6.07, 6.45) is 1.92. The van der Waals surface area contributed by atoms with Crippen molar-refractivity contribution in [1.29, 1.82) is 0 Å². The highest BCUT2D eigenvalue weighted by Gasteiger charge is 2.06. The Morgan fingerprint density at radius 1 is 1.46 bits per heavy atom. The second-order valence-electron chi connectivity index (χ2n) is 2.04. The van der Waals surface area contributed by atoms with Crippen LogP contribution < -0.4 is 14.8 Å². The van der Waals surface area contributed by atoms with Crippen molar-refractivity contribution in [2.75, 3.05) is 19.5 Å². The Morgan fingerprint density at radius 2 is 2.23 bits per heavy atom. The third kappa shape index (κ3) is 2.05. The van der Waals surface area contributed by atoms with E-state index in [9.17, 15) is 4.79 Å². The fraction of sp³-hybridized carbons (Fsp3) is 0.286. The molecule has 0 spiro atoms. The van der Waals surface area contributed by atoms with Crippen LogP contribution in [0.15, 0.2) is 6.20 Å². The monoisotopic (exact) mass is 183 g/mol. The number of ether oxygens (including phenoxy) is 2. The molecule has 0 bridgehead atoms. The van der Waals surface area contributed by atoms with Gasteiger partial charge in [-0.25, -0.2) is 4.98 Å². The van der Waals surface area contributed by atoms with Crippen LogP contribution in [0.25, 0.3) is 0 Å². The number of amides is 1. The number of rotatable bonds is 4. The van der Waals surface area contributed by atoms with Gasteiger partial charge in [0.2, 0.25) is 12.3 Å². The number of nitrogens with one attached hydrogen (secondary N) is 1. The van der Waals surface area contributed by atoms with Crippen molar-refractivity contribution in [3.8, 4) is 11.9 Å². The first-order valence-electron chi connectivity index (χ1n) is 3.47. The molecule has 1 aromatic rings. The minimum absolute atomic E-state index is 0.188. The van der Waals surface area contributed by atoms with Crippen LogP contribution in [0.3, 0.4) is 0 Å². The average Bonchev–Trinajstić information content (AvgIpc) is 2.19. The smallest absolute Gasteiger partial charge is 0.319 e. The van der Waals surface area contributed by atoms with Gasteiger partial charge in [0, 0.05) is 0 Å². The highest BCUT2D eigenvalue weighted by molar-refractivity contribution is 5.73. The zero-order valence-electron chi connectivity index (χ0n) is 7.27. The topological polar surface area (TPSA) is 73.3 Å². The van der Waals surface area contributed by atoms with E-state index in [1.807, 2.05) is 0 Å². The summed E-state index contributed by atoms with van der Waals surface area (Å²) in [6.45, 7) is 0. The van der Waals surface area contributed by atoms with Gasteiger partial charge in [-0.15, -0.1) is 0 Å². The number of hydrogen-bond donors (Lipinski definition) is 1. The second-order valence-corrected chi connectivity index (χ2v) is 2.04. The molecule has 0 saturated heterocycles. The molecule has 0 fully saturated rings. The van der Waals surface area contributed by atoms with Gasteiger partial charge in [-0.2, -0.15) is 4.98 Å². The molecule has 1 heterocycles. The predicted octanol–water partition coefficient (Wildman–Crippen LogP) is 0.0621. The lowest BCUT2D eigenvalue weighted by Gasteiger charge is -2.05. The first-order valence-corrected chi connectivity index (χ1v) is 3.47. The maximum Gasteiger partial charge on any atom is 0.319 e. The Labute approximate surface area is 74.9 Å². The number of anilines is 1. The minimum atomic E-state index is 0.188. The van der Waals surface area contributed by atoms with Gasteiger partial charge in [0.15, 0.2) is 0 Å². The van der Waals surface area contributed by atoms with Crippen molar-refractivity contribution < 1.29 is 14.3 Å². The van der Waals surface area contributed by atoms with Crippen molar-refractivity contribution in [1.82, 2.24) is 9.97 Å². The molecule has 1 N–H and O–H groups in total. The van der Waals surface area contributed by atoms with Crippen LogP contribution in [0.2, 0.25) is 0 Å². The molecule has 6 heteroatoms. The first kappa shape index (κ1) is 9.24. The third-order valence-corrected chi connectivity index (χ3v) is 1.32. The van der Waals surface area contributed by atoms with Crippen LogP contribution in [-0.2, 0) is 4.79 Å². The molecule has 6 nitrogen and oxygen atoms in total. The molecular formula is C7H9N3O3. The Balaban J connectivity index is 3.00. The van der Waals surface area contributed by atoms with Gasteiger partial charge in [-0.05, 0) is 0 Å². The fourth-order valence-corrected chi connectivity index (χ4v) is 0.767. The van der Waals surface area contributed by atoms with E-state index in [1.54, 1.807) is 0 Å². The first-order chi connectivity index (χ1) is 6.31. The molecule has 1 amide bonds. The molecule has 0 aliphatic heterocycles. The highest BCUT2D eigenvalue weighted by Crippen LogP contribution is 2.21. The normalized spacial score (nSPS) is 9.08. The molecule has 0 aliphatic rings. The standard InChI is InChI=1S/C7H9N3O3/c1-12-6-5(9-4-11)3-8-7(10-6)13-2/h3-4H,1-2H3,(H,9,11). The van der Waals surface area contributed by atoms with E-state index < -0.39 is 0 Å². The Morgan fingerprint density at radius 3 is 2.77 bits per heavy atom. The Bertz CT molecular complexity index is 303. The molecule has 0 atom stereocenters. The summed E-state index contributed by atoms with van der Waals surface area (Å²) in [7, 11) is 2.89. The summed E-state index contributed by atoms with van der Waals surface area (Å²) in [6, 6.07) is 0.188. The quantitative estimate of drug-likeness (QED) is 0.668. The van der Waals surface area contributed by atoms with Gasteiger partial charge in [0.05, 0.1) is 20.4 Å². The second kappa shape index (κ2) is 4.24. The number of methoxy groups -OCH3 is 2. The van der Waals surface area contributed by atoms with Crippen LogP contribution in [0.1, 0.15) is 0 Å². The summed E-state index contributed by atoms with van der Waals surface area (Å²) in [5.74, 6) is 0.263. The van der Waals surface area contributed by atoms with E-state index in [0.29, 0.717) is 12.1 Å². The van der Waals surface area contributed by atoms with E-state index in [0.717, 1.165) is 0 Å². The Kier molecular flexibility index (Phi) is 3.02. The van der Waals surface area contributed by atoms with Gasteiger partial charge < -0.3 is 14.8 Å². The molecule has 0 aromatic carbocycles. The van der Waals surface area contributed by atoms with E-state index in [1.165, 1.54) is 20.4 Å². The number of aromatic nitrogens is 2. The van der Waals surface area contributed by atoms with Crippen LogP contribution in [0, 0.1) is 0 Å². The van der Waals surface area contributed by atoms with Gasteiger partial charge in [0.1, 0.15) is 5.69 Å². The number of nitrogens with zero attached hydrogens (tertiary/aromatic N) is 2. The lowest BCUT2D eigenvalue weighted by atomic mass is 10.5. The van der Waals surface area contributed by atoms with Crippen molar-refractivity contribution in [2.45, 2.75) is 0 Å². The number of carbonyl (C=O) groups excluding carboxylic acids is 1. The number of hydrogen-bond acceptors (Lipinski definition) is 5. The summed E-state index contributed by atoms with van der Waals surface area (Å²) in [5, 5.41) is 2.39. The average molecular weight is 183 g/mol. The SMILES string of the molecule is COc1ncc(NC=O)c(OC)n1.